The molecule has 0 aliphatic carbocycles. The summed E-state index contributed by atoms with van der Waals surface area (Å²) < 4.78 is 16.0. The second kappa shape index (κ2) is 7.14. The Kier molecular flexibility index (Phi) is 4.38. The van der Waals surface area contributed by atoms with Gasteiger partial charge in [-0.05, 0) is 29.8 Å². The van der Waals surface area contributed by atoms with Crippen molar-refractivity contribution in [3.63, 3.8) is 0 Å². The van der Waals surface area contributed by atoms with Crippen molar-refractivity contribution in [3.05, 3.63) is 71.9 Å². The Morgan fingerprint density at radius 1 is 1.08 bits per heavy atom. The lowest BCUT2D eigenvalue weighted by molar-refractivity contribution is -0.116. The molecule has 0 unspecified atom stereocenters. The lowest BCUT2D eigenvalue weighted by Crippen LogP contribution is -2.20. The number of benzene rings is 2. The SMILES string of the molecule is O=C(/C=C\c1ccccc1)NCc1cc(-c2ccc3c(c2)OCO3)on1. The summed E-state index contributed by atoms with van der Waals surface area (Å²) in [5.74, 6) is 1.81. The third kappa shape index (κ3) is 3.59. The normalized spacial score (nSPS) is 12.5. The summed E-state index contributed by atoms with van der Waals surface area (Å²) in [7, 11) is 0. The first-order chi connectivity index (χ1) is 12.8. The highest BCUT2D eigenvalue weighted by molar-refractivity contribution is 5.91. The van der Waals surface area contributed by atoms with Crippen LogP contribution in [0.15, 0.2) is 65.2 Å². The Balaban J connectivity index is 1.36. The highest BCUT2D eigenvalue weighted by atomic mass is 16.7. The average Bonchev–Trinajstić information content (AvgIpc) is 3.34. The lowest BCUT2D eigenvalue weighted by atomic mass is 10.1. The van der Waals surface area contributed by atoms with Gasteiger partial charge in [-0.15, -0.1) is 0 Å². The van der Waals surface area contributed by atoms with E-state index in [0.29, 0.717) is 23.0 Å². The number of nitrogens with zero attached hydrogens (tertiary/aromatic N) is 1. The smallest absolute Gasteiger partial charge is 0.244 e. The minimum Gasteiger partial charge on any atom is -0.454 e. The largest absolute Gasteiger partial charge is 0.454 e. The number of fused-ring (bicyclic) bond motifs is 1. The summed E-state index contributed by atoms with van der Waals surface area (Å²) in [6.45, 7) is 0.509. The Labute approximate surface area is 150 Å². The van der Waals surface area contributed by atoms with Crippen LogP contribution in [0.2, 0.25) is 0 Å². The topological polar surface area (TPSA) is 73.6 Å². The molecule has 1 N–H and O–H groups in total. The number of amides is 1. The molecule has 0 atom stereocenters. The fourth-order valence-corrected chi connectivity index (χ4v) is 2.55. The van der Waals surface area contributed by atoms with Gasteiger partial charge in [0.05, 0.1) is 6.54 Å². The molecule has 0 spiro atoms. The minimum absolute atomic E-state index is 0.193. The van der Waals surface area contributed by atoms with E-state index in [0.717, 1.165) is 11.1 Å². The predicted octanol–water partition coefficient (Wildman–Crippen LogP) is 3.40. The van der Waals surface area contributed by atoms with Crippen molar-refractivity contribution in [2.45, 2.75) is 6.54 Å². The molecule has 3 aromatic rings. The van der Waals surface area contributed by atoms with Crippen molar-refractivity contribution < 1.29 is 18.8 Å². The minimum atomic E-state index is -0.193. The molecule has 6 heteroatoms. The van der Waals surface area contributed by atoms with Crippen molar-refractivity contribution >= 4 is 12.0 Å². The van der Waals surface area contributed by atoms with E-state index in [2.05, 4.69) is 10.5 Å². The molecule has 0 saturated carbocycles. The Morgan fingerprint density at radius 2 is 1.92 bits per heavy atom. The van der Waals surface area contributed by atoms with Crippen molar-refractivity contribution in [1.29, 1.82) is 0 Å². The summed E-state index contributed by atoms with van der Waals surface area (Å²) in [6, 6.07) is 17.0. The summed E-state index contributed by atoms with van der Waals surface area (Å²) in [6.07, 6.45) is 3.25. The highest BCUT2D eigenvalue weighted by Crippen LogP contribution is 2.35. The Hall–Kier alpha value is -3.54. The van der Waals surface area contributed by atoms with E-state index in [4.69, 9.17) is 14.0 Å². The van der Waals surface area contributed by atoms with Crippen LogP contribution >= 0.6 is 0 Å². The van der Waals surface area contributed by atoms with Crippen LogP contribution in [0, 0.1) is 0 Å². The number of nitrogens with one attached hydrogen (secondary N) is 1. The number of carbonyl (C=O) groups is 1. The zero-order chi connectivity index (χ0) is 17.8. The maximum Gasteiger partial charge on any atom is 0.244 e. The molecule has 1 aliphatic heterocycles. The summed E-state index contributed by atoms with van der Waals surface area (Å²) in [4.78, 5) is 11.9. The van der Waals surface area contributed by atoms with E-state index in [-0.39, 0.29) is 19.2 Å². The summed E-state index contributed by atoms with van der Waals surface area (Å²) in [5, 5.41) is 6.77. The van der Waals surface area contributed by atoms with Gasteiger partial charge in [0.1, 0.15) is 5.69 Å². The van der Waals surface area contributed by atoms with E-state index >= 15 is 0 Å². The van der Waals surface area contributed by atoms with Crippen LogP contribution < -0.4 is 14.8 Å². The van der Waals surface area contributed by atoms with Crippen LogP contribution in [0.25, 0.3) is 17.4 Å². The first kappa shape index (κ1) is 16.0. The molecular formula is C20H16N2O4. The Morgan fingerprint density at radius 3 is 2.81 bits per heavy atom. The van der Waals surface area contributed by atoms with E-state index < -0.39 is 0 Å². The van der Waals surface area contributed by atoms with Crippen LogP contribution in [0.1, 0.15) is 11.3 Å². The second-order valence-corrected chi connectivity index (χ2v) is 5.71. The van der Waals surface area contributed by atoms with Crippen LogP contribution in [-0.2, 0) is 11.3 Å². The molecular weight excluding hydrogens is 332 g/mol. The van der Waals surface area contributed by atoms with Gasteiger partial charge < -0.3 is 19.3 Å². The predicted molar refractivity (Wildman–Crippen MR) is 95.4 cm³/mol. The first-order valence-corrected chi connectivity index (χ1v) is 8.14. The van der Waals surface area contributed by atoms with Crippen molar-refractivity contribution in [3.8, 4) is 22.8 Å². The van der Waals surface area contributed by atoms with Gasteiger partial charge in [-0.25, -0.2) is 0 Å². The van der Waals surface area contributed by atoms with Gasteiger partial charge in [0.2, 0.25) is 12.7 Å². The van der Waals surface area contributed by atoms with Crippen molar-refractivity contribution in [2.75, 3.05) is 6.79 Å². The van der Waals surface area contributed by atoms with Gasteiger partial charge in [-0.1, -0.05) is 35.5 Å². The van der Waals surface area contributed by atoms with Crippen LogP contribution in [0.4, 0.5) is 0 Å². The molecule has 0 saturated heterocycles. The van der Waals surface area contributed by atoms with Crippen molar-refractivity contribution in [1.82, 2.24) is 10.5 Å². The van der Waals surface area contributed by atoms with Gasteiger partial charge in [-0.3, -0.25) is 4.79 Å². The third-order valence-corrected chi connectivity index (χ3v) is 3.89. The zero-order valence-electron chi connectivity index (χ0n) is 13.8. The third-order valence-electron chi connectivity index (χ3n) is 3.89. The van der Waals surface area contributed by atoms with Gasteiger partial charge in [0, 0.05) is 17.7 Å². The molecule has 26 heavy (non-hydrogen) atoms. The molecule has 0 bridgehead atoms. The fourth-order valence-electron chi connectivity index (χ4n) is 2.55. The van der Waals surface area contributed by atoms with Crippen LogP contribution in [0.5, 0.6) is 11.5 Å². The van der Waals surface area contributed by atoms with Gasteiger partial charge in [0.15, 0.2) is 17.3 Å². The number of hydrogen-bond donors (Lipinski definition) is 1. The maximum absolute atomic E-state index is 11.9. The van der Waals surface area contributed by atoms with Gasteiger partial charge in [-0.2, -0.15) is 0 Å². The highest BCUT2D eigenvalue weighted by Gasteiger charge is 2.16. The number of rotatable bonds is 5. The summed E-state index contributed by atoms with van der Waals surface area (Å²) >= 11 is 0. The molecule has 2 heterocycles. The van der Waals surface area contributed by atoms with E-state index in [1.165, 1.54) is 6.08 Å². The van der Waals surface area contributed by atoms with Crippen molar-refractivity contribution in [2.24, 2.45) is 0 Å². The van der Waals surface area contributed by atoms with Gasteiger partial charge >= 0.3 is 0 Å². The number of carbonyl (C=O) groups excluding carboxylic acids is 1. The second-order valence-electron chi connectivity index (χ2n) is 5.71. The average molecular weight is 348 g/mol. The quantitative estimate of drug-likeness (QED) is 0.716. The van der Waals surface area contributed by atoms with E-state index in [1.807, 2.05) is 48.5 Å². The monoisotopic (exact) mass is 348 g/mol. The van der Waals surface area contributed by atoms with Gasteiger partial charge in [0.25, 0.3) is 0 Å². The van der Waals surface area contributed by atoms with E-state index in [9.17, 15) is 4.79 Å². The first-order valence-electron chi connectivity index (χ1n) is 8.14. The molecule has 6 nitrogen and oxygen atoms in total. The molecule has 4 rings (SSSR count). The number of hydrogen-bond acceptors (Lipinski definition) is 5. The molecule has 0 radical (unpaired) electrons. The lowest BCUT2D eigenvalue weighted by Gasteiger charge is -1.98. The standard InChI is InChI=1S/C20H16N2O4/c23-20(9-6-14-4-2-1-3-5-14)21-12-16-11-18(26-22-16)15-7-8-17-19(10-15)25-13-24-17/h1-11H,12-13H2,(H,21,23)/b9-6-. The van der Waals surface area contributed by atoms with Crippen LogP contribution in [-0.4, -0.2) is 17.9 Å². The molecule has 1 amide bonds. The fraction of sp³-hybridized carbons (Fsp3) is 0.100. The maximum atomic E-state index is 11.9. The molecule has 1 aromatic heterocycles. The van der Waals surface area contributed by atoms with E-state index in [1.54, 1.807) is 12.1 Å². The molecule has 1 aliphatic rings. The summed E-state index contributed by atoms with van der Waals surface area (Å²) in [5.41, 5.74) is 2.44. The Bertz CT molecular complexity index is 947. The molecule has 2 aromatic carbocycles. The molecule has 0 fully saturated rings. The number of aromatic nitrogens is 1. The number of ether oxygens (including phenoxy) is 2. The van der Waals surface area contributed by atoms with Crippen LogP contribution in [0.3, 0.4) is 0 Å². The zero-order valence-corrected chi connectivity index (χ0v) is 13.8. The molecule has 130 valence electrons.